The Bertz CT molecular complexity index is 3130. The molecule has 5 fully saturated rings. The zero-order valence-corrected chi connectivity index (χ0v) is 44.4. The number of oxime groups is 1. The molecule has 6 aromatic rings. The number of nitrogens with two attached hydrogens (primary N) is 1. The number of phenolic OH excluding ortho intramolecular Hbond substituents is 1. The molecule has 5 N–H and O–H groups in total. The van der Waals surface area contributed by atoms with E-state index in [1.165, 1.54) is 11.6 Å². The summed E-state index contributed by atoms with van der Waals surface area (Å²) in [5, 5.41) is 42.8. The van der Waals surface area contributed by atoms with Gasteiger partial charge in [0, 0.05) is 86.1 Å². The van der Waals surface area contributed by atoms with Gasteiger partial charge < -0.3 is 50.2 Å². The van der Waals surface area contributed by atoms with Gasteiger partial charge in [-0.05, 0) is 112 Å². The molecule has 2 unspecified atom stereocenters. The number of piperazine rings is 1. The Balaban J connectivity index is 0.634. The Labute approximate surface area is 452 Å². The van der Waals surface area contributed by atoms with Gasteiger partial charge in [0.1, 0.15) is 28.2 Å². The molecule has 0 spiro atoms. The molecule has 19 heteroatoms. The number of phenols is 1. The van der Waals surface area contributed by atoms with Gasteiger partial charge in [-0.2, -0.15) is 0 Å². The fourth-order valence-corrected chi connectivity index (χ4v) is 13.5. The van der Waals surface area contributed by atoms with Crippen molar-refractivity contribution in [3.8, 4) is 28.1 Å². The number of rotatable bonds is 12. The first-order valence-electron chi connectivity index (χ1n) is 27.3. The van der Waals surface area contributed by atoms with E-state index in [-0.39, 0.29) is 54.4 Å². The van der Waals surface area contributed by atoms with E-state index in [9.17, 15) is 19.4 Å². The smallest absolute Gasteiger partial charge is 0.234 e. The van der Waals surface area contributed by atoms with Gasteiger partial charge in [-0.15, -0.1) is 10.2 Å². The molecule has 1 aliphatic carbocycles. The third kappa shape index (κ3) is 9.70. The Morgan fingerprint density at radius 2 is 1.53 bits per heavy atom. The van der Waals surface area contributed by atoms with Gasteiger partial charge in [0.15, 0.2) is 17.4 Å². The van der Waals surface area contributed by atoms with Gasteiger partial charge in [-0.1, -0.05) is 90.4 Å². The van der Waals surface area contributed by atoms with E-state index in [1.807, 2.05) is 63.2 Å². The van der Waals surface area contributed by atoms with E-state index < -0.39 is 23.8 Å². The van der Waals surface area contributed by atoms with E-state index in [4.69, 9.17) is 36.7 Å². The fourth-order valence-electron chi connectivity index (χ4n) is 13.2. The third-order valence-electron chi connectivity index (χ3n) is 17.4. The molecule has 0 radical (unpaired) electrons. The number of nitrogens with one attached hydrogen (secondary N) is 1. The minimum absolute atomic E-state index is 0.119. The summed E-state index contributed by atoms with van der Waals surface area (Å²) in [6.45, 7) is 9.48. The molecule has 6 aliphatic rings. The number of anilines is 3. The van der Waals surface area contributed by atoms with Gasteiger partial charge in [0.2, 0.25) is 17.6 Å². The van der Waals surface area contributed by atoms with Crippen LogP contribution in [-0.4, -0.2) is 120 Å². The predicted octanol–water partition coefficient (Wildman–Crippen LogP) is 8.94. The number of amides is 1. The number of carbonyl (C=O) groups excluding carboxylic acids is 1. The minimum Gasteiger partial charge on any atom is -0.507 e. The number of carbonyl (C=O) groups is 1. The average Bonchev–Trinajstić information content (AvgIpc) is 4.26. The third-order valence-corrected chi connectivity index (χ3v) is 17.8. The van der Waals surface area contributed by atoms with Crippen molar-refractivity contribution in [1.82, 2.24) is 40.4 Å². The van der Waals surface area contributed by atoms with Crippen LogP contribution in [0.1, 0.15) is 119 Å². The second kappa shape index (κ2) is 20.8. The van der Waals surface area contributed by atoms with Crippen LogP contribution in [0.4, 0.5) is 21.8 Å². The number of piperidine rings is 1. The monoisotopic (exact) mass is 1060 g/mol. The summed E-state index contributed by atoms with van der Waals surface area (Å²) in [4.78, 5) is 39.7. The van der Waals surface area contributed by atoms with Crippen LogP contribution in [0, 0.1) is 11.7 Å². The number of aromatic nitrogens is 5. The summed E-state index contributed by atoms with van der Waals surface area (Å²) in [6, 6.07) is 23.5. The first-order valence-corrected chi connectivity index (χ1v) is 27.7. The molecular weight excluding hydrogens is 999 g/mol. The molecule has 2 bridgehead atoms. The van der Waals surface area contributed by atoms with E-state index in [0.29, 0.717) is 51.2 Å². The van der Waals surface area contributed by atoms with Crippen molar-refractivity contribution in [2.75, 3.05) is 48.3 Å². The van der Waals surface area contributed by atoms with Crippen molar-refractivity contribution in [1.29, 1.82) is 0 Å². The first kappa shape index (κ1) is 50.9. The lowest BCUT2D eigenvalue weighted by Crippen LogP contribution is -2.54. The molecule has 77 heavy (non-hydrogen) atoms. The Morgan fingerprint density at radius 1 is 0.857 bits per heavy atom. The summed E-state index contributed by atoms with van der Waals surface area (Å²) in [5.41, 5.74) is 11.3. The van der Waals surface area contributed by atoms with Crippen molar-refractivity contribution in [3.63, 3.8) is 0 Å². The van der Waals surface area contributed by atoms with Gasteiger partial charge in [-0.25, -0.2) is 14.4 Å². The molecule has 3 aromatic carbocycles. The maximum atomic E-state index is 14.7. The summed E-state index contributed by atoms with van der Waals surface area (Å²) in [7, 11) is 0. The number of fused-ring (bicyclic) bond motifs is 2. The molecule has 5 aliphatic heterocycles. The van der Waals surface area contributed by atoms with E-state index in [0.717, 1.165) is 106 Å². The summed E-state index contributed by atoms with van der Waals surface area (Å²) in [5.74, 6) is 1.21. The second-order valence-electron chi connectivity index (χ2n) is 22.5. The SMILES string of the molecule is CC(C)[C@@H](C(=O)N1C[C@H](O)C[C@H]1C1=NO[C@@](C)(c2ccc(-c3ccccc3F)cc2)N1)c1onc([C@H]2CC[C@@H](N3CCC(c4cnc(N5C6CCC5CN(c5cc(-c7ccccc7O)nnc5N)C6)nc4)CC3)CC2)c1Cl. The minimum atomic E-state index is -1.05. The molecule has 8 heterocycles. The van der Waals surface area contributed by atoms with Crippen molar-refractivity contribution in [3.05, 3.63) is 125 Å². The normalized spacial score (nSPS) is 26.2. The standard InChI is InChI=1S/C58H66ClFN12O5/c1-33(2)50(56(75)71-32-42(73)26-48(71)55-64-58(3,77-68-55)38-16-12-35(13-17-38)43-8-4-6-10-45(43)60)53-51(59)52(67-76-53)36-14-18-39(19-15-36)69-24-22-34(23-25-69)37-28-62-57(63-29-37)72-40-20-21-41(72)31-70(30-40)47-27-46(65-66-54(47)61)44-9-5-7-11-49(44)74/h4-13,16-17,27-29,33-34,36,39-42,48,50,73-74H,14-15,18-26,30-32H2,1-3H3,(H2,61,66)(H,64,68)/t36-,39+,40?,41?,42-,48+,50-,58+/m1/s1. The summed E-state index contributed by atoms with van der Waals surface area (Å²) in [6.07, 6.45) is 11.7. The maximum absolute atomic E-state index is 14.7. The van der Waals surface area contributed by atoms with Gasteiger partial charge in [0.05, 0.1) is 23.5 Å². The number of amidine groups is 1. The molecule has 6 atom stereocenters. The summed E-state index contributed by atoms with van der Waals surface area (Å²) < 4.78 is 20.6. The number of nitrogens with zero attached hydrogens (tertiary/aromatic N) is 10. The molecule has 1 amide bonds. The van der Waals surface area contributed by atoms with Crippen LogP contribution >= 0.6 is 11.6 Å². The second-order valence-corrected chi connectivity index (χ2v) is 22.9. The van der Waals surface area contributed by atoms with E-state index >= 15 is 0 Å². The number of aliphatic hydroxyl groups is 1. The Hall–Kier alpha value is -6.89. The van der Waals surface area contributed by atoms with Gasteiger partial charge in [-0.3, -0.25) is 4.79 Å². The number of nitrogen functional groups attached to an aromatic ring is 1. The van der Waals surface area contributed by atoms with Gasteiger partial charge in [0.25, 0.3) is 0 Å². The molecular formula is C58H66ClFN12O5. The number of aliphatic hydroxyl groups excluding tert-OH is 1. The van der Waals surface area contributed by atoms with Gasteiger partial charge >= 0.3 is 0 Å². The van der Waals surface area contributed by atoms with E-state index in [2.05, 4.69) is 52.9 Å². The van der Waals surface area contributed by atoms with Crippen LogP contribution in [0.15, 0.2) is 101 Å². The number of para-hydroxylation sites is 1. The quantitative estimate of drug-likeness (QED) is 0.0902. The average molecular weight is 1070 g/mol. The predicted molar refractivity (Wildman–Crippen MR) is 292 cm³/mol. The maximum Gasteiger partial charge on any atom is 0.234 e. The molecule has 1 saturated carbocycles. The van der Waals surface area contributed by atoms with Crippen molar-refractivity contribution in [2.24, 2.45) is 11.1 Å². The highest BCUT2D eigenvalue weighted by Gasteiger charge is 2.48. The Morgan fingerprint density at radius 3 is 2.22 bits per heavy atom. The largest absolute Gasteiger partial charge is 0.507 e. The lowest BCUT2D eigenvalue weighted by molar-refractivity contribution is -0.134. The molecule has 3 aromatic heterocycles. The number of hydrogen-bond acceptors (Lipinski definition) is 16. The number of likely N-dealkylation sites (tertiary alicyclic amines) is 2. The molecule has 12 rings (SSSR count). The molecule has 402 valence electrons. The number of benzene rings is 3. The highest BCUT2D eigenvalue weighted by molar-refractivity contribution is 6.32. The van der Waals surface area contributed by atoms with Crippen LogP contribution < -0.4 is 20.9 Å². The molecule has 4 saturated heterocycles. The first-order chi connectivity index (χ1) is 37.3. The van der Waals surface area contributed by atoms with Crippen molar-refractivity contribution < 1.29 is 28.8 Å². The van der Waals surface area contributed by atoms with Crippen LogP contribution in [-0.2, 0) is 15.4 Å². The van der Waals surface area contributed by atoms with E-state index in [1.54, 1.807) is 35.2 Å². The van der Waals surface area contributed by atoms with Crippen LogP contribution in [0.3, 0.4) is 0 Å². The zero-order chi connectivity index (χ0) is 53.1. The van der Waals surface area contributed by atoms with Crippen LogP contribution in [0.25, 0.3) is 22.4 Å². The van der Waals surface area contributed by atoms with Crippen molar-refractivity contribution >= 4 is 40.8 Å². The fraction of sp³-hybridized carbons (Fsp3) is 0.466. The highest BCUT2D eigenvalue weighted by Crippen LogP contribution is 2.45. The van der Waals surface area contributed by atoms with Crippen LogP contribution in [0.2, 0.25) is 5.02 Å². The lowest BCUT2D eigenvalue weighted by atomic mass is 9.81. The zero-order valence-electron chi connectivity index (χ0n) is 43.7. The van der Waals surface area contributed by atoms with Crippen molar-refractivity contribution in [2.45, 2.75) is 132 Å². The Kier molecular flexibility index (Phi) is 13.8. The highest BCUT2D eigenvalue weighted by atomic mass is 35.5. The lowest BCUT2D eigenvalue weighted by Gasteiger charge is -2.42. The van der Waals surface area contributed by atoms with Crippen LogP contribution in [0.5, 0.6) is 5.75 Å². The number of β-amino-alcohol motifs (C(OH)–C–C–N with tert-alkyl or cyclic N) is 1. The number of hydrogen-bond donors (Lipinski definition) is 4. The molecule has 17 nitrogen and oxygen atoms in total. The number of aromatic hydroxyl groups is 1. The topological polar surface area (TPSA) is 208 Å². The number of halogens is 2. The summed E-state index contributed by atoms with van der Waals surface area (Å²) >= 11 is 7.20.